The van der Waals surface area contributed by atoms with Crippen LogP contribution in [0.3, 0.4) is 0 Å². The van der Waals surface area contributed by atoms with E-state index in [1.54, 1.807) is 18.2 Å². The largest absolute Gasteiger partial charge is 0.508 e. The summed E-state index contributed by atoms with van der Waals surface area (Å²) < 4.78 is 12.2. The highest BCUT2D eigenvalue weighted by molar-refractivity contribution is 5.53. The third-order valence-corrected chi connectivity index (χ3v) is 4.97. The van der Waals surface area contributed by atoms with Gasteiger partial charge in [0.1, 0.15) is 23.2 Å². The van der Waals surface area contributed by atoms with Crippen molar-refractivity contribution >= 4 is 0 Å². The lowest BCUT2D eigenvalue weighted by Gasteiger charge is -2.36. The zero-order valence-electron chi connectivity index (χ0n) is 14.0. The van der Waals surface area contributed by atoms with E-state index in [4.69, 9.17) is 9.47 Å². The van der Waals surface area contributed by atoms with Crippen molar-refractivity contribution in [1.29, 1.82) is 0 Å². The summed E-state index contributed by atoms with van der Waals surface area (Å²) in [5.74, 6) is 1.74. The normalized spacial score (nSPS) is 21.2. The molecule has 4 nitrogen and oxygen atoms in total. The highest BCUT2D eigenvalue weighted by Crippen LogP contribution is 2.45. The van der Waals surface area contributed by atoms with Crippen LogP contribution in [0.5, 0.6) is 23.0 Å². The van der Waals surface area contributed by atoms with Crippen LogP contribution in [0.15, 0.2) is 30.3 Å². The van der Waals surface area contributed by atoms with Crippen molar-refractivity contribution in [2.45, 2.75) is 51.2 Å². The Morgan fingerprint density at radius 3 is 2.75 bits per heavy atom. The predicted octanol–water partition coefficient (Wildman–Crippen LogP) is 4.27. The first kappa shape index (κ1) is 15.2. The number of ether oxygens (including phenoxy) is 2. The third kappa shape index (κ3) is 2.56. The smallest absolute Gasteiger partial charge is 0.165 e. The van der Waals surface area contributed by atoms with Gasteiger partial charge in [-0.3, -0.25) is 0 Å². The molecule has 0 amide bonds. The Hall–Kier alpha value is -2.36. The van der Waals surface area contributed by atoms with Gasteiger partial charge in [0.25, 0.3) is 0 Å². The monoisotopic (exact) mass is 326 g/mol. The summed E-state index contributed by atoms with van der Waals surface area (Å²) in [6.45, 7) is 4.08. The maximum absolute atomic E-state index is 10.2. The zero-order valence-corrected chi connectivity index (χ0v) is 14.0. The fourth-order valence-electron chi connectivity index (χ4n) is 3.63. The average Bonchev–Trinajstić information content (AvgIpc) is 2.54. The Kier molecular flexibility index (Phi) is 3.37. The third-order valence-electron chi connectivity index (χ3n) is 4.97. The second-order valence-corrected chi connectivity index (χ2v) is 7.28. The van der Waals surface area contributed by atoms with Crippen LogP contribution >= 0.6 is 0 Å². The first-order chi connectivity index (χ1) is 11.4. The predicted molar refractivity (Wildman–Crippen MR) is 90.9 cm³/mol. The van der Waals surface area contributed by atoms with E-state index in [1.807, 2.05) is 26.0 Å². The number of phenolic OH excluding ortho intramolecular Hbond substituents is 2. The SMILES string of the molecule is CC1(C)CCc2c([C@H]3CCc4ccc(O)cc4O3)ccc(O)c2O1. The lowest BCUT2D eigenvalue weighted by molar-refractivity contribution is 0.0785. The molecule has 4 heteroatoms. The molecule has 0 saturated heterocycles. The van der Waals surface area contributed by atoms with Crippen molar-refractivity contribution in [3.63, 3.8) is 0 Å². The maximum atomic E-state index is 10.2. The van der Waals surface area contributed by atoms with E-state index in [9.17, 15) is 10.2 Å². The van der Waals surface area contributed by atoms with E-state index >= 15 is 0 Å². The minimum Gasteiger partial charge on any atom is -0.508 e. The van der Waals surface area contributed by atoms with Crippen LogP contribution in [0.4, 0.5) is 0 Å². The molecule has 126 valence electrons. The van der Waals surface area contributed by atoms with Gasteiger partial charge in [-0.2, -0.15) is 0 Å². The fourth-order valence-corrected chi connectivity index (χ4v) is 3.63. The molecule has 2 aliphatic heterocycles. The van der Waals surface area contributed by atoms with Crippen molar-refractivity contribution in [3.8, 4) is 23.0 Å². The van der Waals surface area contributed by atoms with Gasteiger partial charge in [-0.15, -0.1) is 0 Å². The second kappa shape index (κ2) is 5.33. The highest BCUT2D eigenvalue weighted by Gasteiger charge is 2.33. The molecule has 2 N–H and O–H groups in total. The molecular formula is C20H22O4. The second-order valence-electron chi connectivity index (χ2n) is 7.28. The minimum absolute atomic E-state index is 0.0848. The molecule has 0 aromatic heterocycles. The molecule has 1 atom stereocenters. The first-order valence-corrected chi connectivity index (χ1v) is 8.45. The standard InChI is InChI=1S/C20H22O4/c1-20(2)10-9-15-14(6-7-16(22)19(15)24-20)17-8-4-12-3-5-13(21)11-18(12)23-17/h3,5-7,11,17,21-22H,4,8-10H2,1-2H3/t17-/m1/s1. The van der Waals surface area contributed by atoms with Crippen LogP contribution in [0.1, 0.15) is 49.5 Å². The number of benzene rings is 2. The Labute approximate surface area is 141 Å². The van der Waals surface area contributed by atoms with E-state index in [0.717, 1.165) is 48.1 Å². The number of hydrogen-bond acceptors (Lipinski definition) is 4. The van der Waals surface area contributed by atoms with Crippen molar-refractivity contribution in [2.24, 2.45) is 0 Å². The van der Waals surface area contributed by atoms with Crippen molar-refractivity contribution < 1.29 is 19.7 Å². The molecular weight excluding hydrogens is 304 g/mol. The van der Waals surface area contributed by atoms with Gasteiger partial charge in [0.2, 0.25) is 0 Å². The van der Waals surface area contributed by atoms with Gasteiger partial charge in [0.05, 0.1) is 0 Å². The fraction of sp³-hybridized carbons (Fsp3) is 0.400. The first-order valence-electron chi connectivity index (χ1n) is 8.45. The quantitative estimate of drug-likeness (QED) is 0.822. The highest BCUT2D eigenvalue weighted by atomic mass is 16.5. The van der Waals surface area contributed by atoms with E-state index in [-0.39, 0.29) is 23.2 Å². The lowest BCUT2D eigenvalue weighted by Crippen LogP contribution is -2.33. The molecule has 0 saturated carbocycles. The molecule has 4 rings (SSSR count). The van der Waals surface area contributed by atoms with Crippen LogP contribution < -0.4 is 9.47 Å². The van der Waals surface area contributed by atoms with E-state index in [1.165, 1.54) is 0 Å². The van der Waals surface area contributed by atoms with Crippen LogP contribution in [0.2, 0.25) is 0 Å². The topological polar surface area (TPSA) is 58.9 Å². The van der Waals surface area contributed by atoms with E-state index in [0.29, 0.717) is 5.75 Å². The van der Waals surface area contributed by atoms with Gasteiger partial charge < -0.3 is 19.7 Å². The van der Waals surface area contributed by atoms with Crippen LogP contribution in [0, 0.1) is 0 Å². The van der Waals surface area contributed by atoms with Gasteiger partial charge in [0, 0.05) is 11.6 Å². The summed E-state index contributed by atoms with van der Waals surface area (Å²) in [4.78, 5) is 0. The van der Waals surface area contributed by atoms with Gasteiger partial charge in [0.15, 0.2) is 11.5 Å². The van der Waals surface area contributed by atoms with Crippen molar-refractivity contribution in [2.75, 3.05) is 0 Å². The van der Waals surface area contributed by atoms with E-state index < -0.39 is 0 Å². The number of fused-ring (bicyclic) bond motifs is 2. The molecule has 0 bridgehead atoms. The molecule has 2 aromatic carbocycles. The molecule has 0 spiro atoms. The van der Waals surface area contributed by atoms with Crippen molar-refractivity contribution in [3.05, 3.63) is 47.0 Å². The van der Waals surface area contributed by atoms with Crippen LogP contribution in [-0.2, 0) is 12.8 Å². The number of aryl methyl sites for hydroxylation is 1. The van der Waals surface area contributed by atoms with Gasteiger partial charge >= 0.3 is 0 Å². The number of rotatable bonds is 1. The van der Waals surface area contributed by atoms with Crippen molar-refractivity contribution in [1.82, 2.24) is 0 Å². The summed E-state index contributed by atoms with van der Waals surface area (Å²) in [5.41, 5.74) is 2.97. The Balaban J connectivity index is 1.71. The molecule has 0 unspecified atom stereocenters. The van der Waals surface area contributed by atoms with Gasteiger partial charge in [-0.05, 0) is 62.8 Å². The number of hydrogen-bond donors (Lipinski definition) is 2. The van der Waals surface area contributed by atoms with Gasteiger partial charge in [-0.25, -0.2) is 0 Å². The summed E-state index contributed by atoms with van der Waals surface area (Å²) >= 11 is 0. The van der Waals surface area contributed by atoms with E-state index in [2.05, 4.69) is 0 Å². The Bertz CT molecular complexity index is 794. The summed E-state index contributed by atoms with van der Waals surface area (Å²) in [6.07, 6.45) is 3.46. The molecule has 0 radical (unpaired) electrons. The minimum atomic E-state index is -0.269. The summed E-state index contributed by atoms with van der Waals surface area (Å²) in [5, 5.41) is 19.9. The van der Waals surface area contributed by atoms with Crippen LogP contribution in [-0.4, -0.2) is 15.8 Å². The molecule has 2 aliphatic rings. The number of aromatic hydroxyl groups is 2. The molecule has 0 aliphatic carbocycles. The molecule has 0 fully saturated rings. The molecule has 2 heterocycles. The van der Waals surface area contributed by atoms with Gasteiger partial charge in [-0.1, -0.05) is 12.1 Å². The Morgan fingerprint density at radius 2 is 1.92 bits per heavy atom. The Morgan fingerprint density at radius 1 is 1.08 bits per heavy atom. The lowest BCUT2D eigenvalue weighted by atomic mass is 9.87. The summed E-state index contributed by atoms with van der Waals surface area (Å²) in [6, 6.07) is 8.92. The molecule has 24 heavy (non-hydrogen) atoms. The van der Waals surface area contributed by atoms with Crippen LogP contribution in [0.25, 0.3) is 0 Å². The average molecular weight is 326 g/mol. The summed E-state index contributed by atoms with van der Waals surface area (Å²) in [7, 11) is 0. The number of phenols is 2. The maximum Gasteiger partial charge on any atom is 0.165 e. The zero-order chi connectivity index (χ0) is 16.9. The molecule has 2 aromatic rings.